The fourth-order valence-corrected chi connectivity index (χ4v) is 3.72. The van der Waals surface area contributed by atoms with Gasteiger partial charge in [0.1, 0.15) is 11.6 Å². The second kappa shape index (κ2) is 8.52. The molecule has 1 aliphatic rings. The van der Waals surface area contributed by atoms with Crippen LogP contribution in [0.25, 0.3) is 10.9 Å². The van der Waals surface area contributed by atoms with Crippen LogP contribution in [0.3, 0.4) is 0 Å². The normalized spacial score (nSPS) is 14.7. The highest BCUT2D eigenvalue weighted by Gasteiger charge is 2.25. The number of ether oxygens (including phenoxy) is 1. The highest BCUT2D eigenvalue weighted by atomic mass is 19.1. The number of amides is 2. The molecular formula is C22H23FN4O3. The van der Waals surface area contributed by atoms with E-state index in [2.05, 4.69) is 10.3 Å². The monoisotopic (exact) mass is 410 g/mol. The predicted molar refractivity (Wildman–Crippen MR) is 112 cm³/mol. The van der Waals surface area contributed by atoms with Gasteiger partial charge in [-0.15, -0.1) is 0 Å². The number of anilines is 1. The Bertz CT molecular complexity index is 1110. The van der Waals surface area contributed by atoms with E-state index in [1.54, 1.807) is 21.6 Å². The third kappa shape index (κ3) is 4.12. The lowest BCUT2D eigenvalue weighted by Crippen LogP contribution is -2.42. The van der Waals surface area contributed by atoms with Gasteiger partial charge in [0, 0.05) is 30.9 Å². The Labute approximate surface area is 173 Å². The zero-order valence-corrected chi connectivity index (χ0v) is 16.7. The van der Waals surface area contributed by atoms with E-state index >= 15 is 0 Å². The number of rotatable bonds is 4. The lowest BCUT2D eigenvalue weighted by Gasteiger charge is -2.32. The van der Waals surface area contributed by atoms with Crippen molar-refractivity contribution < 1.29 is 13.9 Å². The van der Waals surface area contributed by atoms with Crippen LogP contribution in [0, 0.1) is 5.82 Å². The largest absolute Gasteiger partial charge is 0.494 e. The van der Waals surface area contributed by atoms with Gasteiger partial charge < -0.3 is 15.0 Å². The number of hydrogen-bond donors (Lipinski definition) is 1. The molecule has 0 radical (unpaired) electrons. The van der Waals surface area contributed by atoms with Crippen molar-refractivity contribution in [2.24, 2.45) is 0 Å². The molecule has 0 aliphatic carbocycles. The second-order valence-corrected chi connectivity index (χ2v) is 7.22. The Kier molecular flexibility index (Phi) is 5.65. The van der Waals surface area contributed by atoms with Crippen molar-refractivity contribution >= 4 is 22.6 Å². The Hall–Kier alpha value is -3.42. The van der Waals surface area contributed by atoms with Crippen LogP contribution < -0.4 is 15.6 Å². The summed E-state index contributed by atoms with van der Waals surface area (Å²) in [6.07, 6.45) is 2.76. The maximum atomic E-state index is 13.4. The maximum Gasteiger partial charge on any atom is 0.321 e. The van der Waals surface area contributed by atoms with Crippen molar-refractivity contribution in [3.63, 3.8) is 0 Å². The molecule has 1 saturated heterocycles. The van der Waals surface area contributed by atoms with Gasteiger partial charge in [-0.2, -0.15) is 0 Å². The predicted octanol–water partition coefficient (Wildman–Crippen LogP) is 3.80. The molecule has 2 amide bonds. The highest BCUT2D eigenvalue weighted by Crippen LogP contribution is 2.23. The smallest absolute Gasteiger partial charge is 0.321 e. The number of urea groups is 1. The van der Waals surface area contributed by atoms with E-state index in [1.165, 1.54) is 24.5 Å². The number of nitrogens with zero attached hydrogens (tertiary/aromatic N) is 3. The summed E-state index contributed by atoms with van der Waals surface area (Å²) in [6.45, 7) is 3.57. The minimum Gasteiger partial charge on any atom is -0.494 e. The number of carbonyl (C=O) groups is 1. The summed E-state index contributed by atoms with van der Waals surface area (Å²) >= 11 is 0. The fourth-order valence-electron chi connectivity index (χ4n) is 3.72. The highest BCUT2D eigenvalue weighted by molar-refractivity contribution is 5.89. The average molecular weight is 410 g/mol. The van der Waals surface area contributed by atoms with Gasteiger partial charge in [0.25, 0.3) is 5.56 Å². The molecule has 1 fully saturated rings. The lowest BCUT2D eigenvalue weighted by atomic mass is 10.0. The van der Waals surface area contributed by atoms with Crippen molar-refractivity contribution in [3.05, 3.63) is 65.0 Å². The van der Waals surface area contributed by atoms with Gasteiger partial charge in [-0.3, -0.25) is 9.36 Å². The number of aromatic nitrogens is 2. The minimum atomic E-state index is -0.418. The summed E-state index contributed by atoms with van der Waals surface area (Å²) in [5.41, 5.74) is 0.869. The summed E-state index contributed by atoms with van der Waals surface area (Å²) in [6, 6.07) is 11.0. The quantitative estimate of drug-likeness (QED) is 0.710. The molecule has 2 aromatic carbocycles. The Morgan fingerprint density at radius 1 is 1.20 bits per heavy atom. The van der Waals surface area contributed by atoms with Crippen LogP contribution in [0.5, 0.6) is 5.75 Å². The Balaban J connectivity index is 1.39. The van der Waals surface area contributed by atoms with Gasteiger partial charge in [-0.25, -0.2) is 14.2 Å². The zero-order valence-electron chi connectivity index (χ0n) is 16.7. The number of carbonyl (C=O) groups excluding carboxylic acids is 1. The number of benzene rings is 2. The first kappa shape index (κ1) is 19.9. The maximum absolute atomic E-state index is 13.4. The van der Waals surface area contributed by atoms with E-state index in [0.717, 1.165) is 5.75 Å². The zero-order chi connectivity index (χ0) is 21.1. The van der Waals surface area contributed by atoms with Crippen molar-refractivity contribution in [2.75, 3.05) is 25.0 Å². The summed E-state index contributed by atoms with van der Waals surface area (Å²) in [5, 5.41) is 3.29. The molecule has 0 unspecified atom stereocenters. The Morgan fingerprint density at radius 2 is 1.93 bits per heavy atom. The first-order valence-corrected chi connectivity index (χ1v) is 10.0. The van der Waals surface area contributed by atoms with E-state index in [4.69, 9.17) is 4.74 Å². The molecule has 8 heteroatoms. The standard InChI is InChI=1S/C22H23FN4O3/c1-2-30-18-6-4-16(5-7-18)25-22(29)26-11-9-17(10-12-26)27-14-24-20-13-15(23)3-8-19(20)21(27)28/h3-8,13-14,17H,2,9-12H2,1H3,(H,25,29). The number of halogens is 1. The van der Waals surface area contributed by atoms with Gasteiger partial charge in [-0.1, -0.05) is 0 Å². The van der Waals surface area contributed by atoms with E-state index in [-0.39, 0.29) is 17.6 Å². The average Bonchev–Trinajstić information content (AvgIpc) is 2.75. The first-order valence-electron chi connectivity index (χ1n) is 10.0. The van der Waals surface area contributed by atoms with Gasteiger partial charge in [0.15, 0.2) is 0 Å². The Morgan fingerprint density at radius 3 is 2.63 bits per heavy atom. The number of piperidine rings is 1. The van der Waals surface area contributed by atoms with Crippen LogP contribution in [0.2, 0.25) is 0 Å². The molecule has 0 atom stereocenters. The molecule has 7 nitrogen and oxygen atoms in total. The van der Waals surface area contributed by atoms with Crippen LogP contribution in [-0.4, -0.2) is 40.2 Å². The van der Waals surface area contributed by atoms with Crippen molar-refractivity contribution in [3.8, 4) is 5.75 Å². The molecule has 4 rings (SSSR count). The molecule has 0 spiro atoms. The van der Waals surface area contributed by atoms with Crippen LogP contribution in [-0.2, 0) is 0 Å². The van der Waals surface area contributed by atoms with Crippen molar-refractivity contribution in [1.29, 1.82) is 0 Å². The molecule has 0 saturated carbocycles. The van der Waals surface area contributed by atoms with E-state index in [0.29, 0.717) is 49.1 Å². The summed E-state index contributed by atoms with van der Waals surface area (Å²) in [4.78, 5) is 31.3. The van der Waals surface area contributed by atoms with Crippen LogP contribution in [0.1, 0.15) is 25.8 Å². The van der Waals surface area contributed by atoms with Gasteiger partial charge >= 0.3 is 6.03 Å². The minimum absolute atomic E-state index is 0.0472. The molecule has 1 aromatic heterocycles. The number of fused-ring (bicyclic) bond motifs is 1. The number of likely N-dealkylation sites (tertiary alicyclic amines) is 1. The topological polar surface area (TPSA) is 76.5 Å². The first-order chi connectivity index (χ1) is 14.5. The fraction of sp³-hybridized carbons (Fsp3) is 0.318. The third-order valence-corrected chi connectivity index (χ3v) is 5.31. The molecule has 156 valence electrons. The third-order valence-electron chi connectivity index (χ3n) is 5.31. The second-order valence-electron chi connectivity index (χ2n) is 7.22. The van der Waals surface area contributed by atoms with Crippen LogP contribution in [0.15, 0.2) is 53.6 Å². The molecule has 2 heterocycles. The molecule has 30 heavy (non-hydrogen) atoms. The molecule has 1 N–H and O–H groups in total. The number of nitrogens with one attached hydrogen (secondary N) is 1. The summed E-state index contributed by atoms with van der Waals surface area (Å²) < 4.78 is 20.4. The van der Waals surface area contributed by atoms with E-state index in [1.807, 2.05) is 19.1 Å². The SMILES string of the molecule is CCOc1ccc(NC(=O)N2CCC(n3cnc4cc(F)ccc4c3=O)CC2)cc1. The van der Waals surface area contributed by atoms with E-state index in [9.17, 15) is 14.0 Å². The van der Waals surface area contributed by atoms with Crippen LogP contribution in [0.4, 0.5) is 14.9 Å². The lowest BCUT2D eigenvalue weighted by molar-refractivity contribution is 0.182. The van der Waals surface area contributed by atoms with Gasteiger partial charge in [0.2, 0.25) is 0 Å². The molecule has 0 bridgehead atoms. The van der Waals surface area contributed by atoms with Crippen molar-refractivity contribution in [1.82, 2.24) is 14.5 Å². The molecule has 3 aromatic rings. The van der Waals surface area contributed by atoms with Crippen molar-refractivity contribution in [2.45, 2.75) is 25.8 Å². The van der Waals surface area contributed by atoms with Gasteiger partial charge in [-0.05, 0) is 56.2 Å². The van der Waals surface area contributed by atoms with E-state index < -0.39 is 5.82 Å². The summed E-state index contributed by atoms with van der Waals surface area (Å²) in [7, 11) is 0. The molecular weight excluding hydrogens is 387 g/mol. The van der Waals surface area contributed by atoms with Crippen LogP contribution >= 0.6 is 0 Å². The number of hydrogen-bond acceptors (Lipinski definition) is 4. The van der Waals surface area contributed by atoms with Gasteiger partial charge in [0.05, 0.1) is 23.8 Å². The molecule has 1 aliphatic heterocycles. The summed E-state index contributed by atoms with van der Waals surface area (Å²) in [5.74, 6) is 0.340.